The largest absolute Gasteiger partial charge is 0.322 e. The second kappa shape index (κ2) is 8.05. The zero-order chi connectivity index (χ0) is 20.3. The Labute approximate surface area is 164 Å². The molecule has 0 spiro atoms. The van der Waals surface area contributed by atoms with Gasteiger partial charge in [-0.1, -0.05) is 35.9 Å². The summed E-state index contributed by atoms with van der Waals surface area (Å²) in [7, 11) is 0. The summed E-state index contributed by atoms with van der Waals surface area (Å²) in [5.74, 6) is -0.604. The Balaban J connectivity index is 1.79. The Hall–Kier alpha value is -3.47. The van der Waals surface area contributed by atoms with Crippen molar-refractivity contribution in [3.05, 3.63) is 88.2 Å². The molecule has 0 radical (unpaired) electrons. The van der Waals surface area contributed by atoms with Crippen LogP contribution >= 0.6 is 0 Å². The Kier molecular flexibility index (Phi) is 5.54. The number of aromatic nitrogens is 1. The van der Waals surface area contributed by atoms with Crippen molar-refractivity contribution >= 4 is 23.2 Å². The predicted molar refractivity (Wildman–Crippen MR) is 112 cm³/mol. The zero-order valence-corrected chi connectivity index (χ0v) is 16.5. The number of rotatable bonds is 4. The van der Waals surface area contributed by atoms with Gasteiger partial charge < -0.3 is 10.6 Å². The number of carbonyl (C=O) groups excluding carboxylic acids is 2. The summed E-state index contributed by atoms with van der Waals surface area (Å²) in [6.45, 7) is 7.82. The molecule has 0 saturated carbocycles. The Morgan fingerprint density at radius 1 is 0.750 bits per heavy atom. The molecule has 3 aromatic rings. The van der Waals surface area contributed by atoms with Crippen molar-refractivity contribution in [2.75, 3.05) is 10.6 Å². The van der Waals surface area contributed by atoms with Gasteiger partial charge in [0.25, 0.3) is 11.8 Å². The lowest BCUT2D eigenvalue weighted by Crippen LogP contribution is -2.17. The number of anilines is 2. The maximum atomic E-state index is 12.7. The van der Waals surface area contributed by atoms with Crippen molar-refractivity contribution in [3.8, 4) is 0 Å². The van der Waals surface area contributed by atoms with Crippen LogP contribution < -0.4 is 10.6 Å². The lowest BCUT2D eigenvalue weighted by atomic mass is 10.1. The highest BCUT2D eigenvalue weighted by Gasteiger charge is 2.14. The molecular weight excluding hydrogens is 350 g/mol. The predicted octanol–water partition coefficient (Wildman–Crippen LogP) is 4.82. The van der Waals surface area contributed by atoms with Crippen LogP contribution in [0, 0.1) is 27.7 Å². The van der Waals surface area contributed by atoms with Gasteiger partial charge in [0.1, 0.15) is 0 Å². The highest BCUT2D eigenvalue weighted by molar-refractivity contribution is 6.08. The van der Waals surface area contributed by atoms with Crippen molar-refractivity contribution in [3.63, 3.8) is 0 Å². The van der Waals surface area contributed by atoms with Crippen molar-refractivity contribution in [2.45, 2.75) is 27.7 Å². The summed E-state index contributed by atoms with van der Waals surface area (Å²) in [5, 5.41) is 5.79. The van der Waals surface area contributed by atoms with Crippen molar-refractivity contribution in [1.82, 2.24) is 4.98 Å². The van der Waals surface area contributed by atoms with E-state index in [0.29, 0.717) is 11.1 Å². The molecule has 2 N–H and O–H groups in total. The van der Waals surface area contributed by atoms with Crippen LogP contribution in [0.4, 0.5) is 11.4 Å². The van der Waals surface area contributed by atoms with Crippen LogP contribution in [0.15, 0.2) is 54.9 Å². The molecule has 0 bridgehead atoms. The first-order valence-corrected chi connectivity index (χ1v) is 9.06. The lowest BCUT2D eigenvalue weighted by molar-refractivity contribution is 0.102. The fourth-order valence-corrected chi connectivity index (χ4v) is 3.03. The van der Waals surface area contributed by atoms with E-state index in [-0.39, 0.29) is 11.8 Å². The molecule has 2 amide bonds. The molecule has 0 saturated heterocycles. The van der Waals surface area contributed by atoms with E-state index in [1.54, 1.807) is 6.07 Å². The summed E-state index contributed by atoms with van der Waals surface area (Å²) in [4.78, 5) is 29.3. The third kappa shape index (κ3) is 4.26. The van der Waals surface area contributed by atoms with Crippen LogP contribution in [0.1, 0.15) is 43.0 Å². The van der Waals surface area contributed by atoms with E-state index in [1.807, 2.05) is 64.1 Å². The van der Waals surface area contributed by atoms with E-state index in [0.717, 1.165) is 33.6 Å². The number of nitrogens with one attached hydrogen (secondary N) is 2. The quantitative estimate of drug-likeness (QED) is 0.689. The molecule has 2 aromatic carbocycles. The summed E-state index contributed by atoms with van der Waals surface area (Å²) in [6, 6.07) is 13.2. The van der Waals surface area contributed by atoms with Crippen LogP contribution in [-0.4, -0.2) is 16.8 Å². The Bertz CT molecular complexity index is 1040. The summed E-state index contributed by atoms with van der Waals surface area (Å²) < 4.78 is 0. The minimum absolute atomic E-state index is 0.300. The number of pyridine rings is 1. The van der Waals surface area contributed by atoms with Crippen LogP contribution in [0.2, 0.25) is 0 Å². The number of para-hydroxylation sites is 1. The molecule has 1 heterocycles. The number of benzene rings is 2. The average Bonchev–Trinajstić information content (AvgIpc) is 2.67. The molecular formula is C23H23N3O2. The number of nitrogens with zero attached hydrogens (tertiary/aromatic N) is 1. The van der Waals surface area contributed by atoms with Gasteiger partial charge in [0.05, 0.1) is 11.1 Å². The molecule has 0 aliphatic heterocycles. The first-order valence-electron chi connectivity index (χ1n) is 9.06. The number of amides is 2. The van der Waals surface area contributed by atoms with Crippen LogP contribution in [-0.2, 0) is 0 Å². The van der Waals surface area contributed by atoms with Gasteiger partial charge >= 0.3 is 0 Å². The molecule has 0 fully saturated rings. The van der Waals surface area contributed by atoms with Crippen molar-refractivity contribution < 1.29 is 9.59 Å². The standard InChI is InChI=1S/C23H23N3O2/c1-14-8-9-20(17(4)10-14)25-22(27)18-11-19(13-24-12-18)23(28)26-21-15(2)6-5-7-16(21)3/h5-13H,1-4H3,(H,25,27)(H,26,28). The van der Waals surface area contributed by atoms with E-state index in [9.17, 15) is 9.59 Å². The Morgan fingerprint density at radius 2 is 1.36 bits per heavy atom. The topological polar surface area (TPSA) is 71.1 Å². The number of hydrogen-bond donors (Lipinski definition) is 2. The van der Waals surface area contributed by atoms with E-state index < -0.39 is 0 Å². The molecule has 1 aromatic heterocycles. The molecule has 0 unspecified atom stereocenters. The van der Waals surface area contributed by atoms with Gasteiger partial charge in [0, 0.05) is 23.8 Å². The molecule has 0 aliphatic rings. The maximum Gasteiger partial charge on any atom is 0.257 e. The highest BCUT2D eigenvalue weighted by atomic mass is 16.2. The molecule has 0 atom stereocenters. The van der Waals surface area contributed by atoms with Gasteiger partial charge in [-0.05, 0) is 56.5 Å². The SMILES string of the molecule is Cc1ccc(NC(=O)c2cncc(C(=O)Nc3c(C)cccc3C)c2)c(C)c1. The second-order valence-electron chi connectivity index (χ2n) is 6.96. The normalized spacial score (nSPS) is 10.4. The third-order valence-corrected chi connectivity index (χ3v) is 4.61. The van der Waals surface area contributed by atoms with Gasteiger partial charge in [0.2, 0.25) is 0 Å². The van der Waals surface area contributed by atoms with Crippen LogP contribution in [0.25, 0.3) is 0 Å². The maximum absolute atomic E-state index is 12.7. The van der Waals surface area contributed by atoms with Gasteiger partial charge in [-0.25, -0.2) is 0 Å². The minimum atomic E-state index is -0.304. The summed E-state index contributed by atoms with van der Waals surface area (Å²) in [6.07, 6.45) is 2.91. The van der Waals surface area contributed by atoms with E-state index >= 15 is 0 Å². The monoisotopic (exact) mass is 373 g/mol. The van der Waals surface area contributed by atoms with Crippen molar-refractivity contribution in [1.29, 1.82) is 0 Å². The van der Waals surface area contributed by atoms with Gasteiger partial charge in [-0.3, -0.25) is 14.6 Å². The molecule has 5 nitrogen and oxygen atoms in total. The summed E-state index contributed by atoms with van der Waals surface area (Å²) >= 11 is 0. The summed E-state index contributed by atoms with van der Waals surface area (Å²) in [5.41, 5.74) is 6.23. The third-order valence-electron chi connectivity index (χ3n) is 4.61. The fraction of sp³-hybridized carbons (Fsp3) is 0.174. The van der Waals surface area contributed by atoms with Crippen molar-refractivity contribution in [2.24, 2.45) is 0 Å². The zero-order valence-electron chi connectivity index (χ0n) is 16.5. The van der Waals surface area contributed by atoms with Crippen LogP contribution in [0.3, 0.4) is 0 Å². The smallest absolute Gasteiger partial charge is 0.257 e. The molecule has 3 rings (SSSR count). The molecule has 142 valence electrons. The van der Waals surface area contributed by atoms with Gasteiger partial charge in [0.15, 0.2) is 0 Å². The Morgan fingerprint density at radius 3 is 1.96 bits per heavy atom. The van der Waals surface area contributed by atoms with E-state index in [4.69, 9.17) is 0 Å². The van der Waals surface area contributed by atoms with Crippen LogP contribution in [0.5, 0.6) is 0 Å². The number of hydrogen-bond acceptors (Lipinski definition) is 3. The first kappa shape index (κ1) is 19.3. The van der Waals surface area contributed by atoms with Gasteiger partial charge in [-0.2, -0.15) is 0 Å². The molecule has 5 heteroatoms. The second-order valence-corrected chi connectivity index (χ2v) is 6.96. The number of carbonyl (C=O) groups is 2. The lowest BCUT2D eigenvalue weighted by Gasteiger charge is -2.12. The highest BCUT2D eigenvalue weighted by Crippen LogP contribution is 2.21. The van der Waals surface area contributed by atoms with E-state index in [2.05, 4.69) is 15.6 Å². The number of aryl methyl sites for hydroxylation is 4. The minimum Gasteiger partial charge on any atom is -0.322 e. The first-order chi connectivity index (χ1) is 13.3. The molecule has 28 heavy (non-hydrogen) atoms. The molecule has 0 aliphatic carbocycles. The fourth-order valence-electron chi connectivity index (χ4n) is 3.03. The van der Waals surface area contributed by atoms with Gasteiger partial charge in [-0.15, -0.1) is 0 Å². The average molecular weight is 373 g/mol. The van der Waals surface area contributed by atoms with E-state index in [1.165, 1.54) is 12.4 Å².